The molecule has 86 valence electrons. The molecule has 1 unspecified atom stereocenters. The highest BCUT2D eigenvalue weighted by Crippen LogP contribution is 2.24. The highest BCUT2D eigenvalue weighted by molar-refractivity contribution is 9.10. The fourth-order valence-electron chi connectivity index (χ4n) is 1.41. The number of hydrogen-bond donors (Lipinski definition) is 2. The lowest BCUT2D eigenvalue weighted by atomic mass is 10.1. The van der Waals surface area contributed by atoms with Gasteiger partial charge in [0.1, 0.15) is 0 Å². The van der Waals surface area contributed by atoms with Gasteiger partial charge < -0.3 is 4.74 Å². The van der Waals surface area contributed by atoms with Gasteiger partial charge in [0.2, 0.25) is 0 Å². The molecule has 0 aliphatic carbocycles. The Labute approximate surface area is 103 Å². The van der Waals surface area contributed by atoms with Crippen LogP contribution in [-0.2, 0) is 11.2 Å². The highest BCUT2D eigenvalue weighted by Gasteiger charge is 2.10. The molecule has 1 rings (SSSR count). The fraction of sp³-hybridized carbons (Fsp3) is 0.600. The number of nitrogens with one attached hydrogen (secondary N) is 1. The van der Waals surface area contributed by atoms with Crippen molar-refractivity contribution in [1.29, 1.82) is 0 Å². The van der Waals surface area contributed by atoms with Crippen molar-refractivity contribution in [3.8, 4) is 0 Å². The lowest BCUT2D eigenvalue weighted by Gasteiger charge is -2.14. The molecule has 15 heavy (non-hydrogen) atoms. The van der Waals surface area contributed by atoms with Crippen LogP contribution in [-0.4, -0.2) is 19.8 Å². The lowest BCUT2D eigenvalue weighted by molar-refractivity contribution is 0.188. The van der Waals surface area contributed by atoms with E-state index in [0.29, 0.717) is 6.04 Å². The Hall–Kier alpha value is 0.0600. The van der Waals surface area contributed by atoms with E-state index in [1.807, 2.05) is 0 Å². The van der Waals surface area contributed by atoms with E-state index in [-0.39, 0.29) is 0 Å². The third kappa shape index (κ3) is 4.61. The monoisotopic (exact) mass is 292 g/mol. The molecular weight excluding hydrogens is 276 g/mol. The summed E-state index contributed by atoms with van der Waals surface area (Å²) in [4.78, 5) is 1.34. The van der Waals surface area contributed by atoms with Gasteiger partial charge in [0.05, 0.1) is 0 Å². The van der Waals surface area contributed by atoms with Gasteiger partial charge in [-0.1, -0.05) is 0 Å². The van der Waals surface area contributed by atoms with E-state index in [4.69, 9.17) is 10.6 Å². The fourth-order valence-corrected chi connectivity index (χ4v) is 3.01. The van der Waals surface area contributed by atoms with Gasteiger partial charge in [0, 0.05) is 29.1 Å². The Morgan fingerprint density at radius 1 is 1.67 bits per heavy atom. The summed E-state index contributed by atoms with van der Waals surface area (Å²) >= 11 is 5.28. The van der Waals surface area contributed by atoms with E-state index in [2.05, 4.69) is 32.8 Å². The second-order valence-electron chi connectivity index (χ2n) is 3.39. The molecule has 1 aromatic heterocycles. The Morgan fingerprint density at radius 2 is 2.47 bits per heavy atom. The third-order valence-electron chi connectivity index (χ3n) is 2.26. The number of rotatable bonds is 7. The van der Waals surface area contributed by atoms with Gasteiger partial charge in [-0.2, -0.15) is 0 Å². The van der Waals surface area contributed by atoms with Crippen molar-refractivity contribution in [2.75, 3.05) is 13.7 Å². The van der Waals surface area contributed by atoms with Gasteiger partial charge in [-0.15, -0.1) is 11.3 Å². The second kappa shape index (κ2) is 7.35. The molecule has 0 saturated heterocycles. The molecule has 1 atom stereocenters. The standard InChI is InChI=1S/C10H17BrN2OS/c1-14-5-2-3-8(13-12)7-10-9(11)4-6-15-10/h4,6,8,13H,2-3,5,7,12H2,1H3. The molecule has 1 heterocycles. The van der Waals surface area contributed by atoms with Crippen molar-refractivity contribution in [1.82, 2.24) is 5.43 Å². The van der Waals surface area contributed by atoms with Crippen LogP contribution < -0.4 is 11.3 Å². The highest BCUT2D eigenvalue weighted by atomic mass is 79.9. The number of hydrazine groups is 1. The van der Waals surface area contributed by atoms with E-state index >= 15 is 0 Å². The molecule has 0 aliphatic rings. The van der Waals surface area contributed by atoms with Gasteiger partial charge in [-0.05, 0) is 46.6 Å². The minimum Gasteiger partial charge on any atom is -0.385 e. The predicted octanol–water partition coefficient (Wildman–Crippen LogP) is 2.31. The average Bonchev–Trinajstić information content (AvgIpc) is 2.63. The van der Waals surface area contributed by atoms with Gasteiger partial charge in [0.25, 0.3) is 0 Å². The summed E-state index contributed by atoms with van der Waals surface area (Å²) in [5, 5.41) is 2.09. The zero-order valence-electron chi connectivity index (χ0n) is 8.83. The topological polar surface area (TPSA) is 47.3 Å². The molecule has 0 radical (unpaired) electrons. The summed E-state index contributed by atoms with van der Waals surface area (Å²) in [5.74, 6) is 5.52. The number of ether oxygens (including phenoxy) is 1. The first-order valence-corrected chi connectivity index (χ1v) is 6.62. The Balaban J connectivity index is 2.36. The first-order chi connectivity index (χ1) is 7.27. The number of nitrogens with two attached hydrogens (primary N) is 1. The van der Waals surface area contributed by atoms with Crippen LogP contribution in [0.4, 0.5) is 0 Å². The minimum absolute atomic E-state index is 0.329. The van der Waals surface area contributed by atoms with Crippen LogP contribution in [0.5, 0.6) is 0 Å². The van der Waals surface area contributed by atoms with Crippen molar-refractivity contribution in [2.24, 2.45) is 5.84 Å². The maximum atomic E-state index is 5.52. The van der Waals surface area contributed by atoms with Crippen molar-refractivity contribution >= 4 is 27.3 Å². The maximum Gasteiger partial charge on any atom is 0.0462 e. The number of thiophene rings is 1. The summed E-state index contributed by atoms with van der Waals surface area (Å²) in [7, 11) is 1.72. The molecule has 1 aromatic rings. The molecule has 0 spiro atoms. The zero-order chi connectivity index (χ0) is 11.1. The SMILES string of the molecule is COCCCC(Cc1sccc1Br)NN. The van der Waals surface area contributed by atoms with Crippen LogP contribution in [0, 0.1) is 0 Å². The maximum absolute atomic E-state index is 5.52. The first-order valence-electron chi connectivity index (χ1n) is 4.95. The molecule has 0 aliphatic heterocycles. The van der Waals surface area contributed by atoms with E-state index in [1.165, 1.54) is 9.35 Å². The molecule has 0 amide bonds. The van der Waals surface area contributed by atoms with Crippen LogP contribution in [0.15, 0.2) is 15.9 Å². The van der Waals surface area contributed by atoms with Gasteiger partial charge in [-0.3, -0.25) is 11.3 Å². The van der Waals surface area contributed by atoms with Gasteiger partial charge >= 0.3 is 0 Å². The van der Waals surface area contributed by atoms with Crippen LogP contribution in [0.2, 0.25) is 0 Å². The van der Waals surface area contributed by atoms with Crippen molar-refractivity contribution < 1.29 is 4.74 Å². The molecule has 3 nitrogen and oxygen atoms in total. The summed E-state index contributed by atoms with van der Waals surface area (Å²) < 4.78 is 6.20. The summed E-state index contributed by atoms with van der Waals surface area (Å²) in [6.45, 7) is 0.795. The zero-order valence-corrected chi connectivity index (χ0v) is 11.2. The molecule has 5 heteroatoms. The lowest BCUT2D eigenvalue weighted by Crippen LogP contribution is -2.36. The van der Waals surface area contributed by atoms with Crippen molar-refractivity contribution in [3.63, 3.8) is 0 Å². The Morgan fingerprint density at radius 3 is 3.00 bits per heavy atom. The van der Waals surface area contributed by atoms with Crippen LogP contribution >= 0.6 is 27.3 Å². The second-order valence-corrected chi connectivity index (χ2v) is 5.25. The molecule has 0 fully saturated rings. The van der Waals surface area contributed by atoms with Crippen LogP contribution in [0.3, 0.4) is 0 Å². The molecule has 0 bridgehead atoms. The Kier molecular flexibility index (Phi) is 6.43. The Bertz CT molecular complexity index is 280. The molecule has 0 aromatic carbocycles. The van der Waals surface area contributed by atoms with Crippen molar-refractivity contribution in [3.05, 3.63) is 20.8 Å². The average molecular weight is 293 g/mol. The summed E-state index contributed by atoms with van der Waals surface area (Å²) in [6.07, 6.45) is 3.04. The molecular formula is C10H17BrN2OS. The molecule has 0 saturated carbocycles. The van der Waals surface area contributed by atoms with Gasteiger partial charge in [-0.25, -0.2) is 0 Å². The van der Waals surface area contributed by atoms with Gasteiger partial charge in [0.15, 0.2) is 0 Å². The smallest absolute Gasteiger partial charge is 0.0462 e. The largest absolute Gasteiger partial charge is 0.385 e. The summed E-state index contributed by atoms with van der Waals surface area (Å²) in [5.41, 5.74) is 2.86. The van der Waals surface area contributed by atoms with E-state index in [9.17, 15) is 0 Å². The van der Waals surface area contributed by atoms with E-state index in [1.54, 1.807) is 18.4 Å². The number of methoxy groups -OCH3 is 1. The van der Waals surface area contributed by atoms with Crippen LogP contribution in [0.1, 0.15) is 17.7 Å². The third-order valence-corrected chi connectivity index (χ3v) is 4.21. The summed E-state index contributed by atoms with van der Waals surface area (Å²) in [6, 6.07) is 2.40. The molecule has 3 N–H and O–H groups in total. The number of halogens is 1. The van der Waals surface area contributed by atoms with E-state index in [0.717, 1.165) is 25.9 Å². The predicted molar refractivity (Wildman–Crippen MR) is 67.9 cm³/mol. The normalized spacial score (nSPS) is 13.0. The van der Waals surface area contributed by atoms with Crippen molar-refractivity contribution in [2.45, 2.75) is 25.3 Å². The van der Waals surface area contributed by atoms with Crippen LogP contribution in [0.25, 0.3) is 0 Å². The number of hydrogen-bond acceptors (Lipinski definition) is 4. The quantitative estimate of drug-likeness (QED) is 0.461. The first kappa shape index (κ1) is 13.1. The minimum atomic E-state index is 0.329. The van der Waals surface area contributed by atoms with E-state index < -0.39 is 0 Å².